The third-order valence-electron chi connectivity index (χ3n) is 1.52. The fourth-order valence-corrected chi connectivity index (χ4v) is 0.919. The summed E-state index contributed by atoms with van der Waals surface area (Å²) in [6, 6.07) is -1.18. The average Bonchev–Trinajstić information content (AvgIpc) is 1.82. The van der Waals surface area contributed by atoms with Gasteiger partial charge in [0.2, 0.25) is 0 Å². The summed E-state index contributed by atoms with van der Waals surface area (Å²) in [5.74, 6) is -1.16. The van der Waals surface area contributed by atoms with Gasteiger partial charge in [0.05, 0.1) is 6.10 Å². The fourth-order valence-electron chi connectivity index (χ4n) is 0.919. The second-order valence-corrected chi connectivity index (χ2v) is 4.20. The molecule has 0 aromatic heterocycles. The van der Waals surface area contributed by atoms with Crippen molar-refractivity contribution >= 4 is 18.4 Å². The highest BCUT2D eigenvalue weighted by atomic mass is 35.5. The zero-order valence-electron chi connectivity index (χ0n) is 8.15. The maximum absolute atomic E-state index is 10.3. The molecule has 4 N–H and O–H groups in total. The van der Waals surface area contributed by atoms with Gasteiger partial charge in [0.1, 0.15) is 6.04 Å². The predicted molar refractivity (Wildman–Crippen MR) is 52.9 cm³/mol. The summed E-state index contributed by atoms with van der Waals surface area (Å²) in [6.45, 7) is 5.76. The van der Waals surface area contributed by atoms with Crippen molar-refractivity contribution in [2.45, 2.75) is 39.3 Å². The van der Waals surface area contributed by atoms with Crippen LogP contribution in [0.3, 0.4) is 0 Å². The number of carboxylic acids is 1. The molecule has 5 heteroatoms. The highest BCUT2D eigenvalue weighted by Gasteiger charge is 2.26. The van der Waals surface area contributed by atoms with Crippen LogP contribution in [0.2, 0.25) is 0 Å². The summed E-state index contributed by atoms with van der Waals surface area (Å²) in [5, 5.41) is 17.8. The van der Waals surface area contributed by atoms with Crippen molar-refractivity contribution in [1.29, 1.82) is 0 Å². The molecule has 0 aliphatic heterocycles. The van der Waals surface area contributed by atoms with E-state index in [1.165, 1.54) is 0 Å². The highest BCUT2D eigenvalue weighted by molar-refractivity contribution is 5.85. The Morgan fingerprint density at radius 1 is 1.46 bits per heavy atom. The van der Waals surface area contributed by atoms with Crippen molar-refractivity contribution in [3.63, 3.8) is 0 Å². The van der Waals surface area contributed by atoms with Gasteiger partial charge in [0.25, 0.3) is 0 Å². The van der Waals surface area contributed by atoms with Gasteiger partial charge in [-0.3, -0.25) is 4.79 Å². The van der Waals surface area contributed by atoms with E-state index < -0.39 is 18.1 Å². The topological polar surface area (TPSA) is 83.5 Å². The second kappa shape index (κ2) is 5.42. The van der Waals surface area contributed by atoms with Crippen LogP contribution in [-0.4, -0.2) is 28.3 Å². The molecule has 0 aliphatic carbocycles. The van der Waals surface area contributed by atoms with E-state index in [1.807, 2.05) is 20.8 Å². The molecule has 13 heavy (non-hydrogen) atoms. The average molecular weight is 212 g/mol. The van der Waals surface area contributed by atoms with E-state index in [-0.39, 0.29) is 17.8 Å². The largest absolute Gasteiger partial charge is 0.480 e. The van der Waals surface area contributed by atoms with Gasteiger partial charge in [-0.05, 0) is 11.8 Å². The number of hydrogen-bond acceptors (Lipinski definition) is 3. The minimum atomic E-state index is -1.18. The van der Waals surface area contributed by atoms with E-state index in [4.69, 9.17) is 10.8 Å². The van der Waals surface area contributed by atoms with E-state index in [2.05, 4.69) is 0 Å². The van der Waals surface area contributed by atoms with Crippen molar-refractivity contribution in [3.8, 4) is 0 Å². The van der Waals surface area contributed by atoms with E-state index >= 15 is 0 Å². The number of carboxylic acid groups (broad SMARTS) is 1. The molecule has 4 nitrogen and oxygen atoms in total. The number of aliphatic carboxylic acids is 1. The Morgan fingerprint density at radius 3 is 2.08 bits per heavy atom. The monoisotopic (exact) mass is 211 g/mol. The minimum absolute atomic E-state index is 0. The lowest BCUT2D eigenvalue weighted by molar-refractivity contribution is -0.141. The highest BCUT2D eigenvalue weighted by Crippen LogP contribution is 2.21. The number of carbonyl (C=O) groups is 1. The first-order valence-electron chi connectivity index (χ1n) is 3.90. The predicted octanol–water partition coefficient (Wildman–Crippen LogP) is 0.617. The first-order valence-corrected chi connectivity index (χ1v) is 3.90. The second-order valence-electron chi connectivity index (χ2n) is 4.20. The number of halogens is 1. The van der Waals surface area contributed by atoms with Crippen LogP contribution < -0.4 is 5.73 Å². The van der Waals surface area contributed by atoms with Crippen LogP contribution in [0.15, 0.2) is 0 Å². The number of hydrogen-bond donors (Lipinski definition) is 3. The van der Waals surface area contributed by atoms with Gasteiger partial charge in [0.15, 0.2) is 0 Å². The summed E-state index contributed by atoms with van der Waals surface area (Å²) in [6.07, 6.45) is -0.581. The summed E-state index contributed by atoms with van der Waals surface area (Å²) < 4.78 is 0. The third-order valence-corrected chi connectivity index (χ3v) is 1.52. The van der Waals surface area contributed by atoms with E-state index in [1.54, 1.807) is 0 Å². The van der Waals surface area contributed by atoms with Crippen molar-refractivity contribution in [2.75, 3.05) is 0 Å². The molecule has 2 atom stereocenters. The number of rotatable bonds is 3. The standard InChI is InChI=1S/C8H17NO3.ClH/c1-8(2,3)4-5(10)6(9)7(11)12;/h5-6,10H,4,9H2,1-3H3,(H,11,12);1H. The SMILES string of the molecule is CC(C)(C)CC(O)C(N)C(=O)O.Cl. The van der Waals surface area contributed by atoms with E-state index in [0.29, 0.717) is 6.42 Å². The number of nitrogens with two attached hydrogens (primary N) is 1. The Labute approximate surface area is 84.5 Å². The molecule has 80 valence electrons. The minimum Gasteiger partial charge on any atom is -0.480 e. The molecule has 0 fully saturated rings. The van der Waals surface area contributed by atoms with Gasteiger partial charge < -0.3 is 15.9 Å². The first kappa shape index (κ1) is 15.2. The Bertz CT molecular complexity index is 167. The van der Waals surface area contributed by atoms with Gasteiger partial charge in [-0.1, -0.05) is 20.8 Å². The van der Waals surface area contributed by atoms with Crippen molar-refractivity contribution in [3.05, 3.63) is 0 Å². The molecule has 0 amide bonds. The van der Waals surface area contributed by atoms with Gasteiger partial charge in [-0.25, -0.2) is 0 Å². The first-order chi connectivity index (χ1) is 5.24. The molecule has 0 aliphatic rings. The number of aliphatic hydroxyl groups is 1. The molecule has 2 unspecified atom stereocenters. The fraction of sp³-hybridized carbons (Fsp3) is 0.875. The molecule has 0 saturated heterocycles. The molecular weight excluding hydrogens is 194 g/mol. The molecular formula is C8H18ClNO3. The van der Waals surface area contributed by atoms with Crippen LogP contribution in [0.4, 0.5) is 0 Å². The summed E-state index contributed by atoms with van der Waals surface area (Å²) in [4.78, 5) is 10.3. The van der Waals surface area contributed by atoms with Crippen LogP contribution >= 0.6 is 12.4 Å². The summed E-state index contributed by atoms with van der Waals surface area (Å²) in [5.41, 5.74) is 5.11. The quantitative estimate of drug-likeness (QED) is 0.639. The van der Waals surface area contributed by atoms with Crippen LogP contribution in [0.5, 0.6) is 0 Å². The lowest BCUT2D eigenvalue weighted by atomic mass is 9.87. The zero-order chi connectivity index (χ0) is 9.94. The molecule has 0 bridgehead atoms. The van der Waals surface area contributed by atoms with E-state index in [9.17, 15) is 9.90 Å². The maximum atomic E-state index is 10.3. The van der Waals surface area contributed by atoms with E-state index in [0.717, 1.165) is 0 Å². The van der Waals surface area contributed by atoms with Crippen molar-refractivity contribution in [1.82, 2.24) is 0 Å². The molecule has 0 saturated carbocycles. The third kappa shape index (κ3) is 6.81. The normalized spacial score (nSPS) is 15.8. The lowest BCUT2D eigenvalue weighted by Gasteiger charge is -2.24. The zero-order valence-corrected chi connectivity index (χ0v) is 8.97. The van der Waals surface area contributed by atoms with Crippen LogP contribution in [0, 0.1) is 5.41 Å². The smallest absolute Gasteiger partial charge is 0.323 e. The van der Waals surface area contributed by atoms with Crippen molar-refractivity contribution in [2.24, 2.45) is 11.1 Å². The van der Waals surface area contributed by atoms with Gasteiger partial charge in [-0.2, -0.15) is 0 Å². The van der Waals surface area contributed by atoms with Gasteiger partial charge in [0, 0.05) is 0 Å². The van der Waals surface area contributed by atoms with Crippen LogP contribution in [0.25, 0.3) is 0 Å². The maximum Gasteiger partial charge on any atom is 0.323 e. The molecule has 0 rings (SSSR count). The Kier molecular flexibility index (Phi) is 6.32. The molecule has 0 spiro atoms. The molecule has 0 heterocycles. The Balaban J connectivity index is 0. The van der Waals surface area contributed by atoms with Crippen molar-refractivity contribution < 1.29 is 15.0 Å². The van der Waals surface area contributed by atoms with Crippen LogP contribution in [-0.2, 0) is 4.79 Å². The van der Waals surface area contributed by atoms with Crippen LogP contribution in [0.1, 0.15) is 27.2 Å². The van der Waals surface area contributed by atoms with Gasteiger partial charge >= 0.3 is 5.97 Å². The number of aliphatic hydroxyl groups excluding tert-OH is 1. The molecule has 0 aromatic rings. The Morgan fingerprint density at radius 2 is 1.85 bits per heavy atom. The lowest BCUT2D eigenvalue weighted by Crippen LogP contribution is -2.43. The molecule has 0 aromatic carbocycles. The molecule has 0 radical (unpaired) electrons. The van der Waals surface area contributed by atoms with Gasteiger partial charge in [-0.15, -0.1) is 12.4 Å². The summed E-state index contributed by atoms with van der Waals surface area (Å²) >= 11 is 0. The summed E-state index contributed by atoms with van der Waals surface area (Å²) in [7, 11) is 0. The Hall–Kier alpha value is -0.320.